The van der Waals surface area contributed by atoms with Crippen molar-refractivity contribution in [2.45, 2.75) is 44.6 Å². The van der Waals surface area contributed by atoms with Crippen LogP contribution in [0.5, 0.6) is 0 Å². The van der Waals surface area contributed by atoms with E-state index in [2.05, 4.69) is 0 Å². The van der Waals surface area contributed by atoms with Crippen molar-refractivity contribution < 1.29 is 19.2 Å². The molecule has 6 heteroatoms. The Morgan fingerprint density at radius 1 is 1.29 bits per heavy atom. The summed E-state index contributed by atoms with van der Waals surface area (Å²) in [6.45, 7) is 1.80. The number of rotatable bonds is 6. The fourth-order valence-corrected chi connectivity index (χ4v) is 2.10. The number of carbonyl (C=O) groups excluding carboxylic acids is 1. The van der Waals surface area contributed by atoms with E-state index in [9.17, 15) is 14.9 Å². The first kappa shape index (κ1) is 13.9. The molecule has 0 unspecified atom stereocenters. The first-order valence-electron chi connectivity index (χ1n) is 5.92. The van der Waals surface area contributed by atoms with Crippen molar-refractivity contribution in [3.05, 3.63) is 10.1 Å². The Bertz CT molecular complexity index is 273. The Labute approximate surface area is 100 Å². The van der Waals surface area contributed by atoms with E-state index in [1.165, 1.54) is 6.92 Å². The molecule has 0 aliphatic heterocycles. The van der Waals surface area contributed by atoms with Crippen LogP contribution in [0, 0.1) is 10.1 Å². The summed E-state index contributed by atoms with van der Waals surface area (Å²) in [4.78, 5) is 21.4. The molecule has 0 heterocycles. The molecule has 0 aromatic rings. The summed E-state index contributed by atoms with van der Waals surface area (Å²) in [5.41, 5.74) is -0.922. The van der Waals surface area contributed by atoms with E-state index in [4.69, 9.17) is 9.47 Å². The molecule has 0 amide bonds. The van der Waals surface area contributed by atoms with E-state index < -0.39 is 5.54 Å². The molecule has 1 saturated carbocycles. The molecule has 0 aromatic carbocycles. The zero-order chi connectivity index (χ0) is 12.7. The number of carbonyl (C=O) groups is 1. The SMILES string of the molecule is CC(=O)OCCOCC1([N+](=O)[O-])CCCCC1. The quantitative estimate of drug-likeness (QED) is 0.307. The molecule has 6 nitrogen and oxygen atoms in total. The van der Waals surface area contributed by atoms with Crippen molar-refractivity contribution in [3.8, 4) is 0 Å². The minimum atomic E-state index is -0.922. The van der Waals surface area contributed by atoms with Crippen LogP contribution in [0.1, 0.15) is 39.0 Å². The minimum absolute atomic E-state index is 0.112. The number of esters is 1. The Morgan fingerprint density at radius 3 is 2.47 bits per heavy atom. The van der Waals surface area contributed by atoms with Gasteiger partial charge in [-0.2, -0.15) is 0 Å². The van der Waals surface area contributed by atoms with Crippen molar-refractivity contribution in [3.63, 3.8) is 0 Å². The lowest BCUT2D eigenvalue weighted by molar-refractivity contribution is -0.579. The summed E-state index contributed by atoms with van der Waals surface area (Å²) < 4.78 is 9.96. The normalized spacial score (nSPS) is 18.6. The lowest BCUT2D eigenvalue weighted by atomic mass is 9.83. The Morgan fingerprint density at radius 2 is 1.94 bits per heavy atom. The van der Waals surface area contributed by atoms with E-state index >= 15 is 0 Å². The molecule has 17 heavy (non-hydrogen) atoms. The minimum Gasteiger partial charge on any atom is -0.463 e. The van der Waals surface area contributed by atoms with E-state index in [-0.39, 0.29) is 30.7 Å². The standard InChI is InChI=1S/C11H19NO5/c1-10(13)17-8-7-16-9-11(12(14)15)5-3-2-4-6-11/h2-9H2,1H3. The van der Waals surface area contributed by atoms with E-state index in [0.717, 1.165) is 19.3 Å². The van der Waals surface area contributed by atoms with Crippen LogP contribution in [0.15, 0.2) is 0 Å². The van der Waals surface area contributed by atoms with Gasteiger partial charge in [0.2, 0.25) is 5.54 Å². The van der Waals surface area contributed by atoms with Gasteiger partial charge in [0.15, 0.2) is 0 Å². The largest absolute Gasteiger partial charge is 0.463 e. The van der Waals surface area contributed by atoms with Crippen LogP contribution < -0.4 is 0 Å². The predicted molar refractivity (Wildman–Crippen MR) is 60.3 cm³/mol. The fourth-order valence-electron chi connectivity index (χ4n) is 2.10. The van der Waals surface area contributed by atoms with Crippen molar-refractivity contribution in [2.24, 2.45) is 0 Å². The monoisotopic (exact) mass is 245 g/mol. The molecule has 1 rings (SSSR count). The maximum Gasteiger partial charge on any atom is 0.302 e. The molecule has 1 aliphatic carbocycles. The van der Waals surface area contributed by atoms with Crippen LogP contribution in [-0.2, 0) is 14.3 Å². The van der Waals surface area contributed by atoms with Crippen molar-refractivity contribution in [1.29, 1.82) is 0 Å². The highest BCUT2D eigenvalue weighted by molar-refractivity contribution is 5.65. The van der Waals surface area contributed by atoms with E-state index in [1.807, 2.05) is 0 Å². The summed E-state index contributed by atoms with van der Waals surface area (Å²) in [5.74, 6) is -0.366. The average Bonchev–Trinajstić information content (AvgIpc) is 2.29. The number of hydrogen-bond acceptors (Lipinski definition) is 5. The van der Waals surface area contributed by atoms with Crippen LogP contribution >= 0.6 is 0 Å². The number of nitrogens with zero attached hydrogens (tertiary/aromatic N) is 1. The van der Waals surface area contributed by atoms with Crippen LogP contribution in [0.3, 0.4) is 0 Å². The smallest absolute Gasteiger partial charge is 0.302 e. The Balaban J connectivity index is 2.30. The second-order valence-corrected chi connectivity index (χ2v) is 4.43. The van der Waals surface area contributed by atoms with Gasteiger partial charge in [-0.1, -0.05) is 6.42 Å². The fraction of sp³-hybridized carbons (Fsp3) is 0.909. The van der Waals surface area contributed by atoms with Crippen molar-refractivity contribution >= 4 is 5.97 Å². The summed E-state index contributed by atoms with van der Waals surface area (Å²) >= 11 is 0. The molecule has 0 radical (unpaired) electrons. The third-order valence-corrected chi connectivity index (χ3v) is 3.08. The molecule has 1 fully saturated rings. The summed E-state index contributed by atoms with van der Waals surface area (Å²) in [7, 11) is 0. The van der Waals surface area contributed by atoms with Crippen molar-refractivity contribution in [1.82, 2.24) is 0 Å². The average molecular weight is 245 g/mol. The first-order valence-corrected chi connectivity index (χ1v) is 5.92. The van der Waals surface area contributed by atoms with Gasteiger partial charge in [0.05, 0.1) is 6.61 Å². The predicted octanol–water partition coefficient (Wildman–Crippen LogP) is 1.55. The first-order chi connectivity index (χ1) is 8.07. The van der Waals surface area contributed by atoms with Gasteiger partial charge in [-0.15, -0.1) is 0 Å². The molecule has 0 spiro atoms. The molecule has 0 saturated heterocycles. The van der Waals surface area contributed by atoms with Gasteiger partial charge in [0.25, 0.3) is 0 Å². The lowest BCUT2D eigenvalue weighted by Gasteiger charge is -2.28. The summed E-state index contributed by atoms with van der Waals surface area (Å²) in [6, 6.07) is 0. The van der Waals surface area contributed by atoms with Gasteiger partial charge in [0.1, 0.15) is 13.2 Å². The van der Waals surface area contributed by atoms with E-state index in [1.54, 1.807) is 0 Å². The second kappa shape index (κ2) is 6.54. The molecular weight excluding hydrogens is 226 g/mol. The van der Waals surface area contributed by atoms with Crippen LogP contribution in [0.2, 0.25) is 0 Å². The topological polar surface area (TPSA) is 78.7 Å². The van der Waals surface area contributed by atoms with Crippen molar-refractivity contribution in [2.75, 3.05) is 19.8 Å². The molecule has 1 aliphatic rings. The molecule has 98 valence electrons. The molecule has 0 aromatic heterocycles. The van der Waals surface area contributed by atoms with Gasteiger partial charge < -0.3 is 9.47 Å². The van der Waals surface area contributed by atoms with Crippen LogP contribution in [-0.4, -0.2) is 36.3 Å². The highest BCUT2D eigenvalue weighted by Crippen LogP contribution is 2.31. The third-order valence-electron chi connectivity index (χ3n) is 3.08. The van der Waals surface area contributed by atoms with Gasteiger partial charge in [-0.05, 0) is 12.8 Å². The van der Waals surface area contributed by atoms with Gasteiger partial charge in [0, 0.05) is 24.7 Å². The zero-order valence-electron chi connectivity index (χ0n) is 10.1. The molecule has 0 bridgehead atoms. The Hall–Kier alpha value is -1.17. The highest BCUT2D eigenvalue weighted by atomic mass is 16.6. The zero-order valence-corrected chi connectivity index (χ0v) is 10.1. The summed E-state index contributed by atoms with van der Waals surface area (Å²) in [5, 5.41) is 11.1. The van der Waals surface area contributed by atoms with Gasteiger partial charge in [-0.3, -0.25) is 14.9 Å². The highest BCUT2D eigenvalue weighted by Gasteiger charge is 2.43. The van der Waals surface area contributed by atoms with Crippen LogP contribution in [0.4, 0.5) is 0 Å². The third kappa shape index (κ3) is 4.30. The molecule has 0 N–H and O–H groups in total. The number of nitro groups is 1. The number of ether oxygens (including phenoxy) is 2. The van der Waals surface area contributed by atoms with Crippen LogP contribution in [0.25, 0.3) is 0 Å². The maximum absolute atomic E-state index is 11.1. The Kier molecular flexibility index (Phi) is 5.34. The van der Waals surface area contributed by atoms with E-state index in [0.29, 0.717) is 12.8 Å². The second-order valence-electron chi connectivity index (χ2n) is 4.43. The molecule has 0 atom stereocenters. The summed E-state index contributed by atoms with van der Waals surface area (Å²) in [6.07, 6.45) is 3.98. The maximum atomic E-state index is 11.1. The van der Waals surface area contributed by atoms with Gasteiger partial charge in [-0.25, -0.2) is 0 Å². The lowest BCUT2D eigenvalue weighted by Crippen LogP contribution is -2.45. The number of hydrogen-bond donors (Lipinski definition) is 0. The van der Waals surface area contributed by atoms with Gasteiger partial charge >= 0.3 is 5.97 Å². The molecular formula is C11H19NO5.